The van der Waals surface area contributed by atoms with Crippen LogP contribution in [0.1, 0.15) is 33.4 Å². The fraction of sp³-hybridized carbons (Fsp3) is 0.235. The molecule has 0 bridgehead atoms. The van der Waals surface area contributed by atoms with E-state index in [1.54, 1.807) is 0 Å². The van der Waals surface area contributed by atoms with Crippen LogP contribution in [0.3, 0.4) is 0 Å². The number of rotatable bonds is 0. The minimum absolute atomic E-state index is 1.38. The average Bonchev–Trinajstić information content (AvgIpc) is 2.81. The second kappa shape index (κ2) is 7.07. The molecule has 0 saturated carbocycles. The van der Waals surface area contributed by atoms with Crippen molar-refractivity contribution in [1.29, 1.82) is 0 Å². The van der Waals surface area contributed by atoms with Gasteiger partial charge in [0.15, 0.2) is 0 Å². The van der Waals surface area contributed by atoms with Gasteiger partial charge in [-0.05, 0) is 72.2 Å². The van der Waals surface area contributed by atoms with E-state index in [-0.39, 0.29) is 0 Å². The van der Waals surface area contributed by atoms with Gasteiger partial charge in [-0.3, -0.25) is 0 Å². The number of hydrogen-bond acceptors (Lipinski definition) is 0. The van der Waals surface area contributed by atoms with Crippen LogP contribution in [-0.2, 0) is 14.7 Å². The fourth-order valence-electron chi connectivity index (χ4n) is 2.85. The molecule has 1 radical (unpaired) electrons. The molecule has 3 rings (SSSR count). The van der Waals surface area contributed by atoms with E-state index in [2.05, 4.69) is 58.4 Å². The Morgan fingerprint density at radius 2 is 0.905 bits per heavy atom. The summed E-state index contributed by atoms with van der Waals surface area (Å²) in [7, 11) is 14.9. The SMILES string of the molecule is Cc1ccc(C)c2c1[CH]c1c(C)ccc(C)c1-2.[Cl][Ti]([Cl])[Cl]. The normalized spacial score (nSPS) is 11.4. The van der Waals surface area contributed by atoms with Gasteiger partial charge in [-0.15, -0.1) is 0 Å². The van der Waals surface area contributed by atoms with E-state index >= 15 is 0 Å². The van der Waals surface area contributed by atoms with Gasteiger partial charge in [0.05, 0.1) is 0 Å². The van der Waals surface area contributed by atoms with Gasteiger partial charge in [-0.25, -0.2) is 0 Å². The third-order valence-corrected chi connectivity index (χ3v) is 3.88. The first kappa shape index (κ1) is 17.4. The van der Waals surface area contributed by atoms with Crippen molar-refractivity contribution in [3.63, 3.8) is 0 Å². The molecule has 1 aliphatic carbocycles. The molecule has 0 unspecified atom stereocenters. The number of hydrogen-bond donors (Lipinski definition) is 0. The van der Waals surface area contributed by atoms with E-state index in [1.165, 1.54) is 44.5 Å². The van der Waals surface area contributed by atoms with E-state index in [0.29, 0.717) is 0 Å². The van der Waals surface area contributed by atoms with Crippen molar-refractivity contribution in [3.05, 3.63) is 64.1 Å². The van der Waals surface area contributed by atoms with Crippen LogP contribution in [0.5, 0.6) is 0 Å². The van der Waals surface area contributed by atoms with E-state index in [4.69, 9.17) is 27.9 Å². The van der Waals surface area contributed by atoms with Crippen LogP contribution < -0.4 is 0 Å². The Bertz CT molecular complexity index is 620. The van der Waals surface area contributed by atoms with Crippen LogP contribution in [0, 0.1) is 34.1 Å². The fourth-order valence-corrected chi connectivity index (χ4v) is 2.85. The molecule has 4 heteroatoms. The zero-order chi connectivity index (χ0) is 15.7. The molecule has 0 N–H and O–H groups in total. The van der Waals surface area contributed by atoms with Crippen molar-refractivity contribution < 1.29 is 14.7 Å². The molecule has 0 amide bonds. The predicted molar refractivity (Wildman–Crippen MR) is 90.9 cm³/mol. The quantitative estimate of drug-likeness (QED) is 0.390. The number of halogens is 3. The van der Waals surface area contributed by atoms with Crippen molar-refractivity contribution in [3.8, 4) is 11.1 Å². The molecule has 0 aliphatic heterocycles. The van der Waals surface area contributed by atoms with Gasteiger partial charge in [-0.1, -0.05) is 24.3 Å². The Morgan fingerprint density at radius 3 is 1.24 bits per heavy atom. The third-order valence-electron chi connectivity index (χ3n) is 3.88. The molecule has 21 heavy (non-hydrogen) atoms. The molecule has 1 aliphatic rings. The minimum atomic E-state index is -1.92. The Labute approximate surface area is 144 Å². The van der Waals surface area contributed by atoms with Crippen LogP contribution in [-0.4, -0.2) is 0 Å². The van der Waals surface area contributed by atoms with Gasteiger partial charge in [0.25, 0.3) is 0 Å². The Hall–Kier alpha value is 0.0243. The molecule has 0 saturated heterocycles. The van der Waals surface area contributed by atoms with E-state index in [0.717, 1.165) is 0 Å². The predicted octanol–water partition coefficient (Wildman–Crippen LogP) is 6.57. The first-order valence-electron chi connectivity index (χ1n) is 6.72. The summed E-state index contributed by atoms with van der Waals surface area (Å²) in [5.41, 5.74) is 11.2. The zero-order valence-corrected chi connectivity index (χ0v) is 16.3. The topological polar surface area (TPSA) is 0 Å². The second-order valence-electron chi connectivity index (χ2n) is 5.33. The molecule has 2 aromatic rings. The Kier molecular flexibility index (Phi) is 5.85. The molecule has 0 aromatic heterocycles. The summed E-state index contributed by atoms with van der Waals surface area (Å²) in [6.07, 6.45) is 2.36. The van der Waals surface area contributed by atoms with Gasteiger partial charge in [0.1, 0.15) is 0 Å². The van der Waals surface area contributed by atoms with E-state index in [9.17, 15) is 0 Å². The van der Waals surface area contributed by atoms with Crippen LogP contribution in [0.15, 0.2) is 24.3 Å². The molecule has 0 spiro atoms. The summed E-state index contributed by atoms with van der Waals surface area (Å²) in [5, 5.41) is 0. The van der Waals surface area contributed by atoms with Crippen molar-refractivity contribution in [2.24, 2.45) is 0 Å². The Morgan fingerprint density at radius 1 is 0.619 bits per heavy atom. The van der Waals surface area contributed by atoms with Crippen LogP contribution in [0.25, 0.3) is 11.1 Å². The maximum absolute atomic E-state index is 4.97. The first-order chi connectivity index (χ1) is 9.82. The molecular formula is C17H17Cl3Ti. The van der Waals surface area contributed by atoms with Gasteiger partial charge in [0.2, 0.25) is 0 Å². The summed E-state index contributed by atoms with van der Waals surface area (Å²) in [6.45, 7) is 8.82. The number of aryl methyl sites for hydroxylation is 4. The number of fused-ring (bicyclic) bond motifs is 3. The van der Waals surface area contributed by atoms with E-state index < -0.39 is 14.7 Å². The van der Waals surface area contributed by atoms with Crippen molar-refractivity contribution in [1.82, 2.24) is 0 Å². The molecular weight excluding hydrogens is 358 g/mol. The number of benzene rings is 2. The molecule has 0 nitrogen and oxygen atoms in total. The first-order valence-corrected chi connectivity index (χ1v) is 13.2. The summed E-state index contributed by atoms with van der Waals surface area (Å²) < 4.78 is 0. The maximum atomic E-state index is 4.97. The summed E-state index contributed by atoms with van der Waals surface area (Å²) in [6, 6.07) is 8.92. The second-order valence-corrected chi connectivity index (χ2v) is 13.1. The van der Waals surface area contributed by atoms with Gasteiger partial charge in [-0.2, -0.15) is 0 Å². The van der Waals surface area contributed by atoms with Crippen LogP contribution in [0.4, 0.5) is 0 Å². The van der Waals surface area contributed by atoms with Crippen molar-refractivity contribution >= 4 is 27.9 Å². The van der Waals surface area contributed by atoms with Gasteiger partial charge < -0.3 is 0 Å². The molecule has 0 atom stereocenters. The molecule has 110 valence electrons. The monoisotopic (exact) mass is 374 g/mol. The standard InChI is InChI=1S/C17H17.3ClH.Ti/c1-10-5-7-12(3)16-14(10)9-15-11(2)6-8-13(4)17(15)16;;;;/h5-9H,1-4H3;3*1H;/q;;;;+3/p-3. The molecule has 2 aromatic carbocycles. The van der Waals surface area contributed by atoms with Crippen LogP contribution >= 0.6 is 27.9 Å². The van der Waals surface area contributed by atoms with Crippen molar-refractivity contribution in [2.45, 2.75) is 27.7 Å². The average molecular weight is 376 g/mol. The zero-order valence-electron chi connectivity index (χ0n) is 12.5. The van der Waals surface area contributed by atoms with Gasteiger partial charge in [0, 0.05) is 6.42 Å². The van der Waals surface area contributed by atoms with Gasteiger partial charge >= 0.3 is 42.6 Å². The van der Waals surface area contributed by atoms with Crippen molar-refractivity contribution in [2.75, 3.05) is 0 Å². The summed E-state index contributed by atoms with van der Waals surface area (Å²) in [5.74, 6) is 0. The summed E-state index contributed by atoms with van der Waals surface area (Å²) >= 11 is -1.92. The Balaban J connectivity index is 0.000000361. The molecule has 0 heterocycles. The van der Waals surface area contributed by atoms with E-state index in [1.807, 2.05) is 0 Å². The molecule has 0 fully saturated rings. The van der Waals surface area contributed by atoms with Crippen LogP contribution in [0.2, 0.25) is 0 Å². The summed E-state index contributed by atoms with van der Waals surface area (Å²) in [4.78, 5) is 0. The third kappa shape index (κ3) is 3.68.